The van der Waals surface area contributed by atoms with Gasteiger partial charge < -0.3 is 15.5 Å². The van der Waals surface area contributed by atoms with Gasteiger partial charge in [0.25, 0.3) is 5.91 Å². The van der Waals surface area contributed by atoms with Gasteiger partial charge in [-0.15, -0.1) is 0 Å². The minimum Gasteiger partial charge on any atom is -0.508 e. The lowest BCUT2D eigenvalue weighted by Crippen LogP contribution is -2.47. The number of hydrogen-bond acceptors (Lipinski definition) is 6. The molecule has 9 heteroatoms. The molecule has 1 aliphatic heterocycles. The van der Waals surface area contributed by atoms with Crippen LogP contribution in [0.15, 0.2) is 29.2 Å². The molecule has 2 amide bonds. The van der Waals surface area contributed by atoms with E-state index in [1.165, 1.54) is 17.0 Å². The van der Waals surface area contributed by atoms with Crippen LogP contribution >= 0.6 is 24.0 Å². The first-order chi connectivity index (χ1) is 12.3. The highest BCUT2D eigenvalue weighted by atomic mass is 32.2. The molecule has 7 nitrogen and oxygen atoms in total. The number of amides is 2. The van der Waals surface area contributed by atoms with E-state index in [2.05, 4.69) is 5.32 Å². The van der Waals surface area contributed by atoms with Gasteiger partial charge in [-0.3, -0.25) is 19.3 Å². The van der Waals surface area contributed by atoms with E-state index in [1.807, 2.05) is 0 Å². The number of hydrogen-bond donors (Lipinski definition) is 3. The molecule has 1 heterocycles. The second kappa shape index (κ2) is 8.81. The lowest BCUT2D eigenvalue weighted by Gasteiger charge is -2.22. The predicted molar refractivity (Wildman–Crippen MR) is 102 cm³/mol. The Morgan fingerprint density at radius 3 is 2.81 bits per heavy atom. The molecule has 0 radical (unpaired) electrons. The molecule has 1 saturated heterocycles. The van der Waals surface area contributed by atoms with Crippen LogP contribution in [0.3, 0.4) is 0 Å². The average molecular weight is 394 g/mol. The van der Waals surface area contributed by atoms with Crippen LogP contribution in [0.25, 0.3) is 6.08 Å². The number of aliphatic carboxylic acids is 1. The van der Waals surface area contributed by atoms with Crippen molar-refractivity contribution in [2.45, 2.75) is 25.8 Å². The molecular formula is C17H18N2O5S2. The summed E-state index contributed by atoms with van der Waals surface area (Å²) in [5, 5.41) is 20.7. The Morgan fingerprint density at radius 2 is 2.15 bits per heavy atom. The molecule has 1 aliphatic rings. The number of carboxylic acid groups (broad SMARTS) is 1. The number of carbonyl (C=O) groups excluding carboxylic acids is 2. The van der Waals surface area contributed by atoms with Crippen molar-refractivity contribution in [3.8, 4) is 5.75 Å². The van der Waals surface area contributed by atoms with Crippen LogP contribution in [0.1, 0.15) is 25.3 Å². The van der Waals surface area contributed by atoms with E-state index >= 15 is 0 Å². The third-order valence-electron chi connectivity index (χ3n) is 3.62. The van der Waals surface area contributed by atoms with Gasteiger partial charge >= 0.3 is 5.97 Å². The van der Waals surface area contributed by atoms with Gasteiger partial charge in [-0.05, 0) is 37.1 Å². The molecule has 0 aromatic heterocycles. The summed E-state index contributed by atoms with van der Waals surface area (Å²) >= 11 is 6.31. The third-order valence-corrected chi connectivity index (χ3v) is 4.96. The minimum atomic E-state index is -0.929. The van der Waals surface area contributed by atoms with Crippen molar-refractivity contribution in [1.82, 2.24) is 10.2 Å². The number of nitrogens with one attached hydrogen (secondary N) is 1. The van der Waals surface area contributed by atoms with Gasteiger partial charge in [-0.1, -0.05) is 36.1 Å². The first-order valence-electron chi connectivity index (χ1n) is 7.85. The summed E-state index contributed by atoms with van der Waals surface area (Å²) in [4.78, 5) is 36.9. The van der Waals surface area contributed by atoms with Gasteiger partial charge in [0.05, 0.1) is 4.91 Å². The maximum absolute atomic E-state index is 12.6. The molecule has 1 aromatic carbocycles. The lowest BCUT2D eigenvalue weighted by atomic mass is 10.2. The molecule has 1 atom stereocenters. The maximum Gasteiger partial charge on any atom is 0.303 e. The normalized spacial score (nSPS) is 16.8. The van der Waals surface area contributed by atoms with Gasteiger partial charge in [-0.25, -0.2) is 0 Å². The largest absolute Gasteiger partial charge is 0.508 e. The van der Waals surface area contributed by atoms with Crippen molar-refractivity contribution < 1.29 is 24.6 Å². The monoisotopic (exact) mass is 394 g/mol. The van der Waals surface area contributed by atoms with E-state index in [1.54, 1.807) is 25.1 Å². The van der Waals surface area contributed by atoms with Crippen molar-refractivity contribution >= 4 is 52.2 Å². The number of thioether (sulfide) groups is 1. The zero-order chi connectivity index (χ0) is 19.3. The van der Waals surface area contributed by atoms with E-state index in [4.69, 9.17) is 17.3 Å². The summed E-state index contributed by atoms with van der Waals surface area (Å²) in [5.74, 6) is -1.62. The zero-order valence-electron chi connectivity index (χ0n) is 14.0. The topological polar surface area (TPSA) is 107 Å². The van der Waals surface area contributed by atoms with Crippen LogP contribution in [0.4, 0.5) is 0 Å². The summed E-state index contributed by atoms with van der Waals surface area (Å²) in [7, 11) is 0. The molecule has 1 fully saturated rings. The number of benzene rings is 1. The highest BCUT2D eigenvalue weighted by Gasteiger charge is 2.38. The molecular weight excluding hydrogens is 376 g/mol. The second-order valence-electron chi connectivity index (χ2n) is 5.61. The standard InChI is InChI=1S/C17H18N2O5S2/c1-10(15(23)18-7-3-6-14(21)22)19-16(24)13(26-17(19)25)9-11-4-2-5-12(20)8-11/h2,4-5,8-10,20H,3,6-7H2,1H3,(H,18,23)(H,21,22)/b13-9-. The smallest absolute Gasteiger partial charge is 0.303 e. The molecule has 0 bridgehead atoms. The summed E-state index contributed by atoms with van der Waals surface area (Å²) in [6.07, 6.45) is 1.88. The van der Waals surface area contributed by atoms with Crippen LogP contribution in [0, 0.1) is 0 Å². The van der Waals surface area contributed by atoms with Crippen molar-refractivity contribution in [3.05, 3.63) is 34.7 Å². The summed E-state index contributed by atoms with van der Waals surface area (Å²) in [6.45, 7) is 1.78. The molecule has 0 spiro atoms. The number of rotatable bonds is 7. The fourth-order valence-electron chi connectivity index (χ4n) is 2.30. The fourth-order valence-corrected chi connectivity index (χ4v) is 3.71. The predicted octanol–water partition coefficient (Wildman–Crippen LogP) is 1.96. The lowest BCUT2D eigenvalue weighted by molar-refractivity contribution is -0.137. The molecule has 0 saturated carbocycles. The number of nitrogens with zero attached hydrogens (tertiary/aromatic N) is 1. The van der Waals surface area contributed by atoms with Gasteiger partial charge in [0.1, 0.15) is 16.1 Å². The van der Waals surface area contributed by atoms with Crippen LogP contribution < -0.4 is 5.32 Å². The molecule has 26 heavy (non-hydrogen) atoms. The number of thiocarbonyl (C=S) groups is 1. The maximum atomic E-state index is 12.6. The Kier molecular flexibility index (Phi) is 6.76. The van der Waals surface area contributed by atoms with Crippen molar-refractivity contribution in [3.63, 3.8) is 0 Å². The molecule has 2 rings (SSSR count). The Balaban J connectivity index is 2.03. The quantitative estimate of drug-likeness (QED) is 0.369. The summed E-state index contributed by atoms with van der Waals surface area (Å²) in [6, 6.07) is 5.65. The average Bonchev–Trinajstić information content (AvgIpc) is 2.84. The highest BCUT2D eigenvalue weighted by molar-refractivity contribution is 8.26. The fraction of sp³-hybridized carbons (Fsp3) is 0.294. The van der Waals surface area contributed by atoms with Gasteiger partial charge in [0.15, 0.2) is 0 Å². The van der Waals surface area contributed by atoms with E-state index in [0.717, 1.165) is 11.8 Å². The second-order valence-corrected chi connectivity index (χ2v) is 7.29. The number of carboxylic acids is 1. The van der Waals surface area contributed by atoms with E-state index in [-0.39, 0.29) is 28.9 Å². The van der Waals surface area contributed by atoms with Crippen LogP contribution in [0.2, 0.25) is 0 Å². The summed E-state index contributed by atoms with van der Waals surface area (Å²) < 4.78 is 0.273. The Hall–Kier alpha value is -2.39. The SMILES string of the molecule is CC(C(=O)NCCCC(=O)O)N1C(=O)/C(=C/c2cccc(O)c2)SC1=S. The first-order valence-corrected chi connectivity index (χ1v) is 9.07. The van der Waals surface area contributed by atoms with Gasteiger partial charge in [-0.2, -0.15) is 0 Å². The Labute approximate surface area is 160 Å². The van der Waals surface area contributed by atoms with Crippen molar-refractivity contribution in [1.29, 1.82) is 0 Å². The van der Waals surface area contributed by atoms with Crippen LogP contribution in [-0.2, 0) is 14.4 Å². The highest BCUT2D eigenvalue weighted by Crippen LogP contribution is 2.34. The third kappa shape index (κ3) is 5.06. The van der Waals surface area contributed by atoms with Crippen LogP contribution in [-0.4, -0.2) is 49.8 Å². The number of aromatic hydroxyl groups is 1. The van der Waals surface area contributed by atoms with E-state index in [0.29, 0.717) is 16.9 Å². The van der Waals surface area contributed by atoms with E-state index in [9.17, 15) is 19.5 Å². The van der Waals surface area contributed by atoms with Crippen molar-refractivity contribution in [2.24, 2.45) is 0 Å². The molecule has 3 N–H and O–H groups in total. The van der Waals surface area contributed by atoms with Crippen molar-refractivity contribution in [2.75, 3.05) is 6.54 Å². The molecule has 0 aliphatic carbocycles. The van der Waals surface area contributed by atoms with Gasteiger partial charge in [0.2, 0.25) is 5.91 Å². The zero-order valence-corrected chi connectivity index (χ0v) is 15.6. The summed E-state index contributed by atoms with van der Waals surface area (Å²) in [5.41, 5.74) is 0.649. The van der Waals surface area contributed by atoms with E-state index < -0.39 is 17.9 Å². The Morgan fingerprint density at radius 1 is 1.42 bits per heavy atom. The Bertz CT molecular complexity index is 778. The molecule has 1 unspecified atom stereocenters. The number of carbonyl (C=O) groups is 3. The minimum absolute atomic E-state index is 0.0393. The number of phenolic OH excluding ortho intramolecular Hbond substituents is 1. The van der Waals surface area contributed by atoms with Gasteiger partial charge in [0, 0.05) is 13.0 Å². The van der Waals surface area contributed by atoms with Crippen LogP contribution in [0.5, 0.6) is 5.75 Å². The first kappa shape index (κ1) is 19.9. The molecule has 138 valence electrons. The molecule has 1 aromatic rings. The number of phenols is 1.